The Labute approximate surface area is 136 Å². The molecule has 0 saturated heterocycles. The first-order valence-electron chi connectivity index (χ1n) is 6.57. The van der Waals surface area contributed by atoms with Crippen LogP contribution in [0.2, 0.25) is 5.02 Å². The molecule has 2 aromatic rings. The second kappa shape index (κ2) is 7.93. The Hall–Kier alpha value is -1.89. The van der Waals surface area contributed by atoms with Crippen molar-refractivity contribution in [3.8, 4) is 0 Å². The summed E-state index contributed by atoms with van der Waals surface area (Å²) in [5.41, 5.74) is 1.07. The second-order valence-electron chi connectivity index (χ2n) is 4.54. The molecule has 116 valence electrons. The molecule has 0 aliphatic rings. The van der Waals surface area contributed by atoms with Crippen LogP contribution in [-0.4, -0.2) is 30.0 Å². The Kier molecular flexibility index (Phi) is 5.94. The van der Waals surface area contributed by atoms with Crippen LogP contribution in [0.1, 0.15) is 22.0 Å². The number of aliphatic hydroxyl groups is 1. The molecule has 1 unspecified atom stereocenters. The molecule has 0 aliphatic carbocycles. The first-order valence-corrected chi connectivity index (χ1v) is 7.89. The fraction of sp³-hybridized carbons (Fsp3) is 0.200. The van der Waals surface area contributed by atoms with Crippen LogP contribution < -0.4 is 10.6 Å². The molecule has 0 fully saturated rings. The van der Waals surface area contributed by atoms with Gasteiger partial charge in [-0.15, -0.1) is 0 Å². The van der Waals surface area contributed by atoms with Crippen molar-refractivity contribution in [2.45, 2.75) is 6.10 Å². The van der Waals surface area contributed by atoms with Crippen LogP contribution >= 0.6 is 22.9 Å². The van der Waals surface area contributed by atoms with Gasteiger partial charge >= 0.3 is 0 Å². The molecular formula is C15H15ClN2O3S. The minimum Gasteiger partial charge on any atom is -0.387 e. The molecule has 2 rings (SSSR count). The van der Waals surface area contributed by atoms with Gasteiger partial charge in [-0.3, -0.25) is 9.59 Å². The van der Waals surface area contributed by atoms with Crippen molar-refractivity contribution in [1.82, 2.24) is 10.6 Å². The van der Waals surface area contributed by atoms with Gasteiger partial charge in [-0.25, -0.2) is 0 Å². The summed E-state index contributed by atoms with van der Waals surface area (Å²) in [5, 5.41) is 19.0. The number of benzene rings is 1. The maximum Gasteiger partial charge on any atom is 0.252 e. The van der Waals surface area contributed by atoms with Gasteiger partial charge in [0.15, 0.2) is 0 Å². The topological polar surface area (TPSA) is 78.4 Å². The van der Waals surface area contributed by atoms with Crippen LogP contribution in [0.4, 0.5) is 0 Å². The lowest BCUT2D eigenvalue weighted by atomic mass is 10.1. The van der Waals surface area contributed by atoms with Crippen molar-refractivity contribution < 1.29 is 14.7 Å². The number of carbonyl (C=O) groups is 2. The van der Waals surface area contributed by atoms with E-state index >= 15 is 0 Å². The van der Waals surface area contributed by atoms with Crippen molar-refractivity contribution in [2.75, 3.05) is 13.1 Å². The van der Waals surface area contributed by atoms with E-state index in [0.717, 1.165) is 0 Å². The fourth-order valence-corrected chi connectivity index (χ4v) is 2.68. The van der Waals surface area contributed by atoms with Crippen molar-refractivity contribution in [3.63, 3.8) is 0 Å². The van der Waals surface area contributed by atoms with Gasteiger partial charge in [-0.05, 0) is 17.5 Å². The number of aliphatic hydroxyl groups excluding tert-OH is 1. The molecule has 0 bridgehead atoms. The standard InChI is InChI=1S/C15H15ClN2O3S/c16-12-4-2-1-3-11(12)13(19)7-17-14(20)8-18-15(21)10-5-6-22-9-10/h1-6,9,13,19H,7-8H2,(H,17,20)(H,18,21). The first-order chi connectivity index (χ1) is 10.6. The maximum atomic E-state index is 11.7. The van der Waals surface area contributed by atoms with Crippen molar-refractivity contribution in [1.29, 1.82) is 0 Å². The zero-order valence-electron chi connectivity index (χ0n) is 11.6. The van der Waals surface area contributed by atoms with Crippen molar-refractivity contribution >= 4 is 34.8 Å². The number of carbonyl (C=O) groups excluding carboxylic acids is 2. The van der Waals surface area contributed by atoms with E-state index < -0.39 is 6.10 Å². The summed E-state index contributed by atoms with van der Waals surface area (Å²) in [6.45, 7) is -0.124. The minimum atomic E-state index is -0.898. The molecule has 7 heteroatoms. The molecule has 0 saturated carbocycles. The molecule has 0 aliphatic heterocycles. The number of rotatable bonds is 6. The Balaban J connectivity index is 1.76. The highest BCUT2D eigenvalue weighted by Gasteiger charge is 2.13. The predicted octanol–water partition coefficient (Wildman–Crippen LogP) is 1.98. The van der Waals surface area contributed by atoms with E-state index in [1.165, 1.54) is 11.3 Å². The number of amides is 2. The van der Waals surface area contributed by atoms with Crippen LogP contribution in [0.5, 0.6) is 0 Å². The Morgan fingerprint density at radius 2 is 2.00 bits per heavy atom. The first kappa shape index (κ1) is 16.5. The normalized spacial score (nSPS) is 11.7. The predicted molar refractivity (Wildman–Crippen MR) is 86.1 cm³/mol. The Morgan fingerprint density at radius 3 is 2.68 bits per heavy atom. The zero-order chi connectivity index (χ0) is 15.9. The van der Waals surface area contributed by atoms with Gasteiger partial charge in [0.1, 0.15) is 0 Å². The van der Waals surface area contributed by atoms with E-state index in [0.29, 0.717) is 16.1 Å². The highest BCUT2D eigenvalue weighted by molar-refractivity contribution is 7.08. The fourth-order valence-electron chi connectivity index (χ4n) is 1.78. The van der Waals surface area contributed by atoms with E-state index in [9.17, 15) is 14.7 Å². The van der Waals surface area contributed by atoms with E-state index in [4.69, 9.17) is 11.6 Å². The third kappa shape index (κ3) is 4.56. The number of hydrogen-bond acceptors (Lipinski definition) is 4. The molecule has 2 amide bonds. The monoisotopic (exact) mass is 338 g/mol. The lowest BCUT2D eigenvalue weighted by Crippen LogP contribution is -2.38. The summed E-state index contributed by atoms with van der Waals surface area (Å²) < 4.78 is 0. The van der Waals surface area contributed by atoms with Crippen molar-refractivity contribution in [3.05, 3.63) is 57.2 Å². The lowest BCUT2D eigenvalue weighted by Gasteiger charge is -2.13. The van der Waals surface area contributed by atoms with Gasteiger partial charge < -0.3 is 15.7 Å². The molecule has 3 N–H and O–H groups in total. The molecule has 1 aromatic carbocycles. The number of hydrogen-bond donors (Lipinski definition) is 3. The van der Waals surface area contributed by atoms with Crippen molar-refractivity contribution in [2.24, 2.45) is 0 Å². The van der Waals surface area contributed by atoms with E-state index in [2.05, 4.69) is 10.6 Å². The van der Waals surface area contributed by atoms with E-state index in [1.54, 1.807) is 41.1 Å². The molecule has 5 nitrogen and oxygen atoms in total. The van der Waals surface area contributed by atoms with Gasteiger partial charge in [0.05, 0.1) is 12.6 Å². The average molecular weight is 339 g/mol. The zero-order valence-corrected chi connectivity index (χ0v) is 13.2. The van der Waals surface area contributed by atoms with Crippen LogP contribution in [-0.2, 0) is 4.79 Å². The van der Waals surface area contributed by atoms with Gasteiger partial charge in [0.25, 0.3) is 5.91 Å². The SMILES string of the molecule is O=C(CNC(=O)c1ccsc1)NCC(O)c1ccccc1Cl. The molecule has 1 aromatic heterocycles. The molecule has 1 heterocycles. The molecular weight excluding hydrogens is 324 g/mol. The van der Waals surface area contributed by atoms with Crippen LogP contribution in [0.3, 0.4) is 0 Å². The Bertz CT molecular complexity index is 646. The van der Waals surface area contributed by atoms with Gasteiger partial charge in [0.2, 0.25) is 5.91 Å². The Morgan fingerprint density at radius 1 is 1.23 bits per heavy atom. The summed E-state index contributed by atoms with van der Waals surface area (Å²) in [7, 11) is 0. The summed E-state index contributed by atoms with van der Waals surface area (Å²) in [4.78, 5) is 23.3. The minimum absolute atomic E-state index is 0.0247. The molecule has 0 radical (unpaired) electrons. The summed E-state index contributed by atoms with van der Waals surface area (Å²) in [6.07, 6.45) is -0.898. The third-order valence-electron chi connectivity index (χ3n) is 2.95. The number of nitrogens with one attached hydrogen (secondary N) is 2. The van der Waals surface area contributed by atoms with E-state index in [1.807, 2.05) is 0 Å². The number of thiophene rings is 1. The van der Waals surface area contributed by atoms with Gasteiger partial charge in [-0.1, -0.05) is 29.8 Å². The number of halogens is 1. The molecule has 22 heavy (non-hydrogen) atoms. The van der Waals surface area contributed by atoms with E-state index in [-0.39, 0.29) is 24.9 Å². The average Bonchev–Trinajstić information content (AvgIpc) is 3.05. The smallest absolute Gasteiger partial charge is 0.252 e. The van der Waals surface area contributed by atoms with Crippen LogP contribution in [0, 0.1) is 0 Å². The van der Waals surface area contributed by atoms with Crippen LogP contribution in [0.25, 0.3) is 0 Å². The quantitative estimate of drug-likeness (QED) is 0.753. The summed E-state index contributed by atoms with van der Waals surface area (Å²) in [6, 6.07) is 8.56. The largest absolute Gasteiger partial charge is 0.387 e. The summed E-state index contributed by atoms with van der Waals surface area (Å²) >= 11 is 7.37. The van der Waals surface area contributed by atoms with Crippen LogP contribution in [0.15, 0.2) is 41.1 Å². The third-order valence-corrected chi connectivity index (χ3v) is 3.98. The molecule has 0 spiro atoms. The van der Waals surface area contributed by atoms with Gasteiger partial charge in [0, 0.05) is 28.1 Å². The maximum absolute atomic E-state index is 11.7. The molecule has 1 atom stereocenters. The highest BCUT2D eigenvalue weighted by atomic mass is 35.5. The lowest BCUT2D eigenvalue weighted by molar-refractivity contribution is -0.120. The second-order valence-corrected chi connectivity index (χ2v) is 5.72. The summed E-state index contributed by atoms with van der Waals surface area (Å²) in [5.74, 6) is -0.683. The highest BCUT2D eigenvalue weighted by Crippen LogP contribution is 2.21. The van der Waals surface area contributed by atoms with Gasteiger partial charge in [-0.2, -0.15) is 11.3 Å².